The van der Waals surface area contributed by atoms with Gasteiger partial charge in [-0.25, -0.2) is 4.79 Å². The van der Waals surface area contributed by atoms with E-state index in [9.17, 15) is 9.59 Å². The summed E-state index contributed by atoms with van der Waals surface area (Å²) in [5.74, 6) is 0.0749. The van der Waals surface area contributed by atoms with Gasteiger partial charge in [0.2, 0.25) is 5.91 Å². The molecule has 3 amide bonds. The van der Waals surface area contributed by atoms with Crippen molar-refractivity contribution in [2.24, 2.45) is 0 Å². The molecule has 1 aromatic heterocycles. The molecular weight excluding hydrogens is 246 g/mol. The summed E-state index contributed by atoms with van der Waals surface area (Å²) in [5.41, 5.74) is 0.567. The van der Waals surface area contributed by atoms with Gasteiger partial charge in [-0.2, -0.15) is 10.2 Å². The van der Waals surface area contributed by atoms with E-state index in [0.29, 0.717) is 18.7 Å². The van der Waals surface area contributed by atoms with Gasteiger partial charge < -0.3 is 15.5 Å². The number of hydrogen-bond acceptors (Lipinski definition) is 4. The van der Waals surface area contributed by atoms with E-state index in [-0.39, 0.29) is 24.0 Å². The molecule has 0 aliphatic carbocycles. The molecule has 1 aliphatic rings. The molecule has 1 fully saturated rings. The van der Waals surface area contributed by atoms with Gasteiger partial charge in [-0.15, -0.1) is 0 Å². The van der Waals surface area contributed by atoms with E-state index in [1.54, 1.807) is 11.0 Å². The highest BCUT2D eigenvalue weighted by Gasteiger charge is 2.31. The normalized spacial score (nSPS) is 18.8. The van der Waals surface area contributed by atoms with E-state index in [0.717, 1.165) is 0 Å². The smallest absolute Gasteiger partial charge is 0.319 e. The van der Waals surface area contributed by atoms with E-state index < -0.39 is 0 Å². The summed E-state index contributed by atoms with van der Waals surface area (Å²) >= 11 is 0. The van der Waals surface area contributed by atoms with Gasteiger partial charge >= 0.3 is 6.03 Å². The SMILES string of the molecule is CC(C)N1CC(NC(=O)Nc2ccnnc2)CC1=O. The molecule has 7 nitrogen and oxygen atoms in total. The zero-order chi connectivity index (χ0) is 13.8. The first-order chi connectivity index (χ1) is 9.06. The number of hydrogen-bond donors (Lipinski definition) is 2. The number of urea groups is 1. The van der Waals surface area contributed by atoms with E-state index in [2.05, 4.69) is 20.8 Å². The predicted octanol–water partition coefficient (Wildman–Crippen LogP) is 0.607. The second-order valence-corrected chi connectivity index (χ2v) is 4.77. The molecule has 0 spiro atoms. The minimum atomic E-state index is -0.337. The molecule has 1 saturated heterocycles. The van der Waals surface area contributed by atoms with Gasteiger partial charge in [-0.3, -0.25) is 4.79 Å². The van der Waals surface area contributed by atoms with Crippen LogP contribution in [-0.2, 0) is 4.79 Å². The number of carbonyl (C=O) groups is 2. The molecule has 102 valence electrons. The molecule has 1 aliphatic heterocycles. The maximum absolute atomic E-state index is 11.8. The Balaban J connectivity index is 1.86. The molecule has 19 heavy (non-hydrogen) atoms. The highest BCUT2D eigenvalue weighted by atomic mass is 16.2. The highest BCUT2D eigenvalue weighted by Crippen LogP contribution is 2.14. The van der Waals surface area contributed by atoms with Crippen molar-refractivity contribution in [2.75, 3.05) is 11.9 Å². The van der Waals surface area contributed by atoms with Gasteiger partial charge in [0, 0.05) is 19.0 Å². The first kappa shape index (κ1) is 13.3. The summed E-state index contributed by atoms with van der Waals surface area (Å²) in [4.78, 5) is 25.2. The molecule has 0 saturated carbocycles. The lowest BCUT2D eigenvalue weighted by molar-refractivity contribution is -0.129. The molecule has 2 heterocycles. The molecule has 1 unspecified atom stereocenters. The lowest BCUT2D eigenvalue weighted by Crippen LogP contribution is -2.40. The molecule has 2 rings (SSSR count). The molecule has 2 N–H and O–H groups in total. The number of carbonyl (C=O) groups excluding carboxylic acids is 2. The summed E-state index contributed by atoms with van der Waals surface area (Å²) in [6, 6.07) is 1.32. The summed E-state index contributed by atoms with van der Waals surface area (Å²) in [6.07, 6.45) is 3.30. The van der Waals surface area contributed by atoms with Gasteiger partial charge in [0.25, 0.3) is 0 Å². The zero-order valence-corrected chi connectivity index (χ0v) is 11.0. The topological polar surface area (TPSA) is 87.2 Å². The maximum Gasteiger partial charge on any atom is 0.319 e. The van der Waals surface area contributed by atoms with Crippen LogP contribution in [-0.4, -0.2) is 45.7 Å². The van der Waals surface area contributed by atoms with Crippen LogP contribution in [0.15, 0.2) is 18.5 Å². The van der Waals surface area contributed by atoms with Crippen LogP contribution in [0.25, 0.3) is 0 Å². The molecule has 0 aromatic carbocycles. The quantitative estimate of drug-likeness (QED) is 0.836. The average Bonchev–Trinajstić information content (AvgIpc) is 2.71. The number of amides is 3. The third kappa shape index (κ3) is 3.40. The van der Waals surface area contributed by atoms with Gasteiger partial charge in [0.05, 0.1) is 24.1 Å². The fourth-order valence-corrected chi connectivity index (χ4v) is 2.04. The van der Waals surface area contributed by atoms with E-state index in [1.165, 1.54) is 12.4 Å². The second kappa shape index (κ2) is 5.64. The lowest BCUT2D eigenvalue weighted by Gasteiger charge is -2.21. The van der Waals surface area contributed by atoms with E-state index in [4.69, 9.17) is 0 Å². The van der Waals surface area contributed by atoms with Crippen LogP contribution >= 0.6 is 0 Å². The second-order valence-electron chi connectivity index (χ2n) is 4.77. The molecule has 1 atom stereocenters. The number of aromatic nitrogens is 2. The summed E-state index contributed by atoms with van der Waals surface area (Å²) in [5, 5.41) is 12.7. The Morgan fingerprint density at radius 2 is 2.26 bits per heavy atom. The lowest BCUT2D eigenvalue weighted by atomic mass is 10.2. The van der Waals surface area contributed by atoms with Crippen LogP contribution in [0.1, 0.15) is 20.3 Å². The Hall–Kier alpha value is -2.18. The van der Waals surface area contributed by atoms with Crippen molar-refractivity contribution in [3.05, 3.63) is 18.5 Å². The van der Waals surface area contributed by atoms with Crippen molar-refractivity contribution in [1.29, 1.82) is 0 Å². The zero-order valence-electron chi connectivity index (χ0n) is 11.0. The van der Waals surface area contributed by atoms with Crippen LogP contribution in [0.4, 0.5) is 10.5 Å². The van der Waals surface area contributed by atoms with Crippen LogP contribution in [0, 0.1) is 0 Å². The fraction of sp³-hybridized carbons (Fsp3) is 0.500. The fourth-order valence-electron chi connectivity index (χ4n) is 2.04. The summed E-state index contributed by atoms with van der Waals surface area (Å²) in [7, 11) is 0. The molecule has 0 radical (unpaired) electrons. The largest absolute Gasteiger partial charge is 0.338 e. The first-order valence-electron chi connectivity index (χ1n) is 6.20. The monoisotopic (exact) mass is 263 g/mol. The van der Waals surface area contributed by atoms with Gasteiger partial charge in [0.1, 0.15) is 0 Å². The van der Waals surface area contributed by atoms with Crippen molar-refractivity contribution in [3.63, 3.8) is 0 Å². The van der Waals surface area contributed by atoms with Crippen LogP contribution in [0.3, 0.4) is 0 Å². The Morgan fingerprint density at radius 3 is 2.84 bits per heavy atom. The van der Waals surface area contributed by atoms with Crippen molar-refractivity contribution in [1.82, 2.24) is 20.4 Å². The van der Waals surface area contributed by atoms with E-state index in [1.807, 2.05) is 13.8 Å². The van der Waals surface area contributed by atoms with Crippen LogP contribution in [0.2, 0.25) is 0 Å². The van der Waals surface area contributed by atoms with Gasteiger partial charge in [-0.05, 0) is 19.9 Å². The Labute approximate surface area is 111 Å². The number of rotatable bonds is 3. The third-order valence-electron chi connectivity index (χ3n) is 2.96. The minimum absolute atomic E-state index is 0.0749. The molecule has 1 aromatic rings. The van der Waals surface area contributed by atoms with Crippen molar-refractivity contribution < 1.29 is 9.59 Å². The first-order valence-corrected chi connectivity index (χ1v) is 6.20. The molecular formula is C12H17N5O2. The number of likely N-dealkylation sites (tertiary alicyclic amines) is 1. The Kier molecular flexibility index (Phi) is 3.94. The summed E-state index contributed by atoms with van der Waals surface area (Å²) < 4.78 is 0. The standard InChI is InChI=1S/C12H17N5O2/c1-8(2)17-7-10(5-11(17)18)16-12(19)15-9-3-4-13-14-6-9/h3-4,6,8,10H,5,7H2,1-2H3,(H2,13,15,16,19). The van der Waals surface area contributed by atoms with Crippen LogP contribution < -0.4 is 10.6 Å². The average molecular weight is 263 g/mol. The Bertz CT molecular complexity index is 462. The number of nitrogens with one attached hydrogen (secondary N) is 2. The van der Waals surface area contributed by atoms with Crippen molar-refractivity contribution in [2.45, 2.75) is 32.4 Å². The van der Waals surface area contributed by atoms with Gasteiger partial charge in [0.15, 0.2) is 0 Å². The predicted molar refractivity (Wildman–Crippen MR) is 69.4 cm³/mol. The Morgan fingerprint density at radius 1 is 1.47 bits per heavy atom. The third-order valence-corrected chi connectivity index (χ3v) is 2.96. The summed E-state index contributed by atoms with van der Waals surface area (Å²) in [6.45, 7) is 4.48. The van der Waals surface area contributed by atoms with Crippen molar-refractivity contribution in [3.8, 4) is 0 Å². The van der Waals surface area contributed by atoms with Crippen molar-refractivity contribution >= 4 is 17.6 Å². The maximum atomic E-state index is 11.8. The van der Waals surface area contributed by atoms with Crippen LogP contribution in [0.5, 0.6) is 0 Å². The minimum Gasteiger partial charge on any atom is -0.338 e. The molecule has 0 bridgehead atoms. The number of nitrogens with zero attached hydrogens (tertiary/aromatic N) is 3. The highest BCUT2D eigenvalue weighted by molar-refractivity contribution is 5.90. The van der Waals surface area contributed by atoms with E-state index >= 15 is 0 Å². The number of anilines is 1. The molecule has 7 heteroatoms. The van der Waals surface area contributed by atoms with Gasteiger partial charge in [-0.1, -0.05) is 0 Å².